The van der Waals surface area contributed by atoms with E-state index in [1.807, 2.05) is 0 Å². The highest BCUT2D eigenvalue weighted by molar-refractivity contribution is 5.97. The Labute approximate surface area is 114 Å². The van der Waals surface area contributed by atoms with Crippen LogP contribution in [-0.4, -0.2) is 32.7 Å². The van der Waals surface area contributed by atoms with Gasteiger partial charge in [-0.3, -0.25) is 4.79 Å². The maximum Gasteiger partial charge on any atom is 0.231 e. The van der Waals surface area contributed by atoms with Crippen molar-refractivity contribution in [1.29, 1.82) is 0 Å². The molecule has 0 bridgehead atoms. The number of aromatic nitrogens is 4. The number of nitrogens with two attached hydrogens (primary N) is 1. The van der Waals surface area contributed by atoms with Crippen LogP contribution in [0, 0.1) is 11.2 Å². The van der Waals surface area contributed by atoms with Gasteiger partial charge >= 0.3 is 0 Å². The number of nitrogens with zero attached hydrogens (tertiary/aromatic N) is 4. The van der Waals surface area contributed by atoms with E-state index in [0.717, 1.165) is 12.8 Å². The summed E-state index contributed by atoms with van der Waals surface area (Å²) in [5.74, 6) is -0.754. The molecule has 1 aliphatic carbocycles. The number of carbonyl (C=O) groups excluding carboxylic acids is 1. The van der Waals surface area contributed by atoms with Crippen molar-refractivity contribution < 1.29 is 9.18 Å². The molecular weight excluding hydrogens is 263 g/mol. The Kier molecular flexibility index (Phi) is 2.94. The van der Waals surface area contributed by atoms with Crippen LogP contribution in [0.5, 0.6) is 0 Å². The summed E-state index contributed by atoms with van der Waals surface area (Å²) in [5.41, 5.74) is 5.71. The second-order valence-corrected chi connectivity index (χ2v) is 4.86. The molecule has 2 aromatic rings. The first-order valence-corrected chi connectivity index (χ1v) is 6.19. The van der Waals surface area contributed by atoms with E-state index >= 15 is 0 Å². The molecule has 1 amide bonds. The lowest BCUT2D eigenvalue weighted by Crippen LogP contribution is -2.31. The minimum absolute atomic E-state index is 0.0997. The van der Waals surface area contributed by atoms with Gasteiger partial charge in [0.2, 0.25) is 5.91 Å². The van der Waals surface area contributed by atoms with Crippen molar-refractivity contribution >= 4 is 11.6 Å². The molecule has 1 fully saturated rings. The molecule has 20 heavy (non-hydrogen) atoms. The van der Waals surface area contributed by atoms with E-state index in [4.69, 9.17) is 5.73 Å². The molecule has 0 saturated heterocycles. The number of hydrogen-bond donors (Lipinski definition) is 2. The van der Waals surface area contributed by atoms with Crippen LogP contribution in [0.4, 0.5) is 10.1 Å². The van der Waals surface area contributed by atoms with Crippen LogP contribution >= 0.6 is 0 Å². The monoisotopic (exact) mass is 276 g/mol. The summed E-state index contributed by atoms with van der Waals surface area (Å²) in [5, 5.41) is 13.3. The Balaban J connectivity index is 1.86. The minimum atomic E-state index is -0.531. The van der Waals surface area contributed by atoms with E-state index in [9.17, 15) is 9.18 Å². The molecular formula is C12H13FN6O. The van der Waals surface area contributed by atoms with E-state index in [1.165, 1.54) is 29.2 Å². The van der Waals surface area contributed by atoms with Crippen LogP contribution in [0.1, 0.15) is 12.8 Å². The van der Waals surface area contributed by atoms with Crippen molar-refractivity contribution in [3.05, 3.63) is 30.3 Å². The second-order valence-electron chi connectivity index (χ2n) is 4.86. The van der Waals surface area contributed by atoms with Gasteiger partial charge in [0.25, 0.3) is 0 Å². The molecule has 0 radical (unpaired) electrons. The van der Waals surface area contributed by atoms with Gasteiger partial charge in [0.15, 0.2) is 0 Å². The average Bonchev–Trinajstić information content (AvgIpc) is 3.08. The third-order valence-electron chi connectivity index (χ3n) is 3.54. The lowest BCUT2D eigenvalue weighted by atomic mass is 10.1. The Morgan fingerprint density at radius 3 is 2.90 bits per heavy atom. The van der Waals surface area contributed by atoms with Gasteiger partial charge in [0, 0.05) is 6.54 Å². The molecule has 0 spiro atoms. The van der Waals surface area contributed by atoms with Crippen LogP contribution in [0.3, 0.4) is 0 Å². The van der Waals surface area contributed by atoms with Crippen molar-refractivity contribution in [2.45, 2.75) is 12.8 Å². The highest BCUT2D eigenvalue weighted by Crippen LogP contribution is 2.45. The van der Waals surface area contributed by atoms with Crippen molar-refractivity contribution in [2.24, 2.45) is 11.1 Å². The van der Waals surface area contributed by atoms with Crippen LogP contribution < -0.4 is 11.1 Å². The maximum atomic E-state index is 13.8. The first-order valence-electron chi connectivity index (χ1n) is 6.19. The zero-order chi connectivity index (χ0) is 14.2. The van der Waals surface area contributed by atoms with Gasteiger partial charge in [-0.25, -0.2) is 9.07 Å². The molecule has 7 nitrogen and oxygen atoms in total. The number of tetrazole rings is 1. The Morgan fingerprint density at radius 2 is 2.30 bits per heavy atom. The van der Waals surface area contributed by atoms with Crippen LogP contribution in [0.25, 0.3) is 5.69 Å². The number of carbonyl (C=O) groups is 1. The Bertz CT molecular complexity index is 637. The fraction of sp³-hybridized carbons (Fsp3) is 0.333. The zero-order valence-electron chi connectivity index (χ0n) is 10.6. The number of benzene rings is 1. The van der Waals surface area contributed by atoms with Crippen LogP contribution in [0.2, 0.25) is 0 Å². The molecule has 0 atom stereocenters. The summed E-state index contributed by atoms with van der Waals surface area (Å²) in [4.78, 5) is 12.1. The van der Waals surface area contributed by atoms with E-state index in [-0.39, 0.29) is 18.1 Å². The van der Waals surface area contributed by atoms with Crippen LogP contribution in [-0.2, 0) is 4.79 Å². The van der Waals surface area contributed by atoms with E-state index < -0.39 is 11.2 Å². The first-order chi connectivity index (χ1) is 9.64. The molecule has 8 heteroatoms. The van der Waals surface area contributed by atoms with E-state index in [2.05, 4.69) is 20.8 Å². The van der Waals surface area contributed by atoms with E-state index in [0.29, 0.717) is 5.69 Å². The highest BCUT2D eigenvalue weighted by atomic mass is 19.1. The van der Waals surface area contributed by atoms with Crippen molar-refractivity contribution in [3.8, 4) is 5.69 Å². The smallest absolute Gasteiger partial charge is 0.231 e. The quantitative estimate of drug-likeness (QED) is 0.846. The van der Waals surface area contributed by atoms with Gasteiger partial charge in [-0.1, -0.05) is 0 Å². The maximum absolute atomic E-state index is 13.8. The first kappa shape index (κ1) is 12.7. The van der Waals surface area contributed by atoms with Gasteiger partial charge in [-0.15, -0.1) is 5.10 Å². The minimum Gasteiger partial charge on any atom is -0.329 e. The fourth-order valence-corrected chi connectivity index (χ4v) is 1.96. The summed E-state index contributed by atoms with van der Waals surface area (Å²) >= 11 is 0. The molecule has 1 aromatic heterocycles. The summed E-state index contributed by atoms with van der Waals surface area (Å²) < 4.78 is 15.2. The topological polar surface area (TPSA) is 98.7 Å². The highest BCUT2D eigenvalue weighted by Gasteiger charge is 2.48. The average molecular weight is 276 g/mol. The van der Waals surface area contributed by atoms with Crippen LogP contribution in [0.15, 0.2) is 24.5 Å². The standard InChI is InChI=1S/C12H13FN6O/c13-9-2-1-8(19-7-15-17-18-19)5-10(9)16-11(20)12(6-14)3-4-12/h1-2,5,7H,3-4,6,14H2,(H,16,20). The molecule has 0 unspecified atom stereocenters. The lowest BCUT2D eigenvalue weighted by molar-refractivity contribution is -0.120. The Morgan fingerprint density at radius 1 is 1.50 bits per heavy atom. The zero-order valence-corrected chi connectivity index (χ0v) is 10.6. The molecule has 3 N–H and O–H groups in total. The number of nitrogens with one attached hydrogen (secondary N) is 1. The molecule has 3 rings (SSSR count). The summed E-state index contributed by atoms with van der Waals surface area (Å²) in [6.07, 6.45) is 2.87. The molecule has 1 heterocycles. The van der Waals surface area contributed by atoms with Gasteiger partial charge in [0.05, 0.1) is 16.8 Å². The van der Waals surface area contributed by atoms with E-state index in [1.54, 1.807) is 0 Å². The number of anilines is 1. The van der Waals surface area contributed by atoms with Gasteiger partial charge in [-0.05, 0) is 41.5 Å². The van der Waals surface area contributed by atoms with Crippen molar-refractivity contribution in [3.63, 3.8) is 0 Å². The third-order valence-corrected chi connectivity index (χ3v) is 3.54. The van der Waals surface area contributed by atoms with Crippen molar-refractivity contribution in [2.75, 3.05) is 11.9 Å². The second kappa shape index (κ2) is 4.64. The predicted molar refractivity (Wildman–Crippen MR) is 68.5 cm³/mol. The lowest BCUT2D eigenvalue weighted by Gasteiger charge is -2.14. The molecule has 0 aliphatic heterocycles. The molecule has 104 valence electrons. The Hall–Kier alpha value is -2.35. The van der Waals surface area contributed by atoms with Crippen molar-refractivity contribution in [1.82, 2.24) is 20.2 Å². The SMILES string of the molecule is NCC1(C(=O)Nc2cc(-n3cnnn3)ccc2F)CC1. The predicted octanol–water partition coefficient (Wildman–Crippen LogP) is 0.479. The number of halogens is 1. The fourth-order valence-electron chi connectivity index (χ4n) is 1.96. The number of rotatable bonds is 4. The normalized spacial score (nSPS) is 15.9. The largest absolute Gasteiger partial charge is 0.329 e. The molecule has 1 aliphatic rings. The number of hydrogen-bond acceptors (Lipinski definition) is 5. The van der Waals surface area contributed by atoms with Gasteiger partial charge < -0.3 is 11.1 Å². The van der Waals surface area contributed by atoms with Gasteiger partial charge in [-0.2, -0.15) is 0 Å². The van der Waals surface area contributed by atoms with Gasteiger partial charge in [0.1, 0.15) is 12.1 Å². The number of amides is 1. The summed E-state index contributed by atoms with van der Waals surface area (Å²) in [6, 6.07) is 4.27. The molecule has 1 saturated carbocycles. The summed E-state index contributed by atoms with van der Waals surface area (Å²) in [7, 11) is 0. The third kappa shape index (κ3) is 2.14. The summed E-state index contributed by atoms with van der Waals surface area (Å²) in [6.45, 7) is 0.271. The molecule has 1 aromatic carbocycles.